The van der Waals surface area contributed by atoms with Crippen molar-refractivity contribution >= 4 is 28.8 Å². The molecule has 4 nitrogen and oxygen atoms in total. The van der Waals surface area contributed by atoms with Crippen LogP contribution in [0.5, 0.6) is 0 Å². The Balaban J connectivity index is 2.51. The van der Waals surface area contributed by atoms with Gasteiger partial charge in [-0.15, -0.1) is 0 Å². The highest BCUT2D eigenvalue weighted by atomic mass is 32.2. The van der Waals surface area contributed by atoms with Gasteiger partial charge < -0.3 is 9.30 Å². The second kappa shape index (κ2) is 4.57. The van der Waals surface area contributed by atoms with Crippen LogP contribution in [0.2, 0.25) is 0 Å². The molecule has 0 atom stereocenters. The van der Waals surface area contributed by atoms with Gasteiger partial charge in [0.1, 0.15) is 6.54 Å². The fourth-order valence-corrected chi connectivity index (χ4v) is 2.13. The first kappa shape index (κ1) is 11.0. The minimum atomic E-state index is -0.265. The molecule has 1 aromatic carbocycles. The molecule has 2 aromatic rings. The maximum absolute atomic E-state index is 11.3. The van der Waals surface area contributed by atoms with Gasteiger partial charge in [0.05, 0.1) is 18.1 Å². The average molecular weight is 236 g/mol. The molecule has 0 unspecified atom stereocenters. The number of nitrogens with zero attached hydrogens (tertiary/aromatic N) is 2. The largest absolute Gasteiger partial charge is 0.468 e. The van der Waals surface area contributed by atoms with Crippen molar-refractivity contribution in [1.82, 2.24) is 9.55 Å². The highest BCUT2D eigenvalue weighted by Crippen LogP contribution is 2.22. The van der Waals surface area contributed by atoms with Gasteiger partial charge in [-0.25, -0.2) is 4.98 Å². The number of thioether (sulfide) groups is 1. The Morgan fingerprint density at radius 3 is 2.94 bits per heavy atom. The number of carbonyl (C=O) groups is 1. The van der Waals surface area contributed by atoms with Crippen LogP contribution >= 0.6 is 11.8 Å². The van der Waals surface area contributed by atoms with Crippen LogP contribution in [0.15, 0.2) is 29.4 Å². The van der Waals surface area contributed by atoms with E-state index in [0.29, 0.717) is 0 Å². The van der Waals surface area contributed by atoms with Crippen molar-refractivity contribution < 1.29 is 9.53 Å². The smallest absolute Gasteiger partial charge is 0.325 e. The first-order valence-corrected chi connectivity index (χ1v) is 6.05. The van der Waals surface area contributed by atoms with Gasteiger partial charge >= 0.3 is 5.97 Å². The minimum absolute atomic E-state index is 0.202. The molecule has 0 aliphatic carbocycles. The molecule has 1 heterocycles. The quantitative estimate of drug-likeness (QED) is 0.603. The topological polar surface area (TPSA) is 44.1 Å². The van der Waals surface area contributed by atoms with E-state index in [1.807, 2.05) is 35.1 Å². The molecule has 0 bridgehead atoms. The molecule has 2 rings (SSSR count). The predicted octanol–water partition coefficient (Wildman–Crippen LogP) is 1.93. The van der Waals surface area contributed by atoms with Crippen molar-refractivity contribution in [3.05, 3.63) is 24.3 Å². The van der Waals surface area contributed by atoms with Crippen LogP contribution in [-0.4, -0.2) is 28.9 Å². The van der Waals surface area contributed by atoms with Crippen molar-refractivity contribution in [3.8, 4) is 0 Å². The highest BCUT2D eigenvalue weighted by molar-refractivity contribution is 7.98. The van der Waals surface area contributed by atoms with Crippen LogP contribution in [-0.2, 0) is 16.1 Å². The predicted molar refractivity (Wildman–Crippen MR) is 63.5 cm³/mol. The average Bonchev–Trinajstić information content (AvgIpc) is 2.67. The summed E-state index contributed by atoms with van der Waals surface area (Å²) in [5, 5.41) is 0.826. The molecule has 84 valence electrons. The van der Waals surface area contributed by atoms with E-state index in [2.05, 4.69) is 9.72 Å². The molecular weight excluding hydrogens is 224 g/mol. The van der Waals surface area contributed by atoms with E-state index < -0.39 is 0 Å². The first-order chi connectivity index (χ1) is 7.76. The maximum Gasteiger partial charge on any atom is 0.325 e. The number of esters is 1. The van der Waals surface area contributed by atoms with Gasteiger partial charge in [-0.1, -0.05) is 23.9 Å². The molecule has 0 aliphatic rings. The number of fused-ring (bicyclic) bond motifs is 1. The first-order valence-electron chi connectivity index (χ1n) is 4.82. The fourth-order valence-electron chi connectivity index (χ4n) is 1.56. The zero-order valence-corrected chi connectivity index (χ0v) is 9.95. The summed E-state index contributed by atoms with van der Waals surface area (Å²) in [7, 11) is 1.39. The van der Waals surface area contributed by atoms with Gasteiger partial charge in [-0.2, -0.15) is 0 Å². The third-order valence-corrected chi connectivity index (χ3v) is 2.99. The van der Waals surface area contributed by atoms with Gasteiger partial charge in [-0.05, 0) is 18.4 Å². The van der Waals surface area contributed by atoms with Crippen LogP contribution in [0.25, 0.3) is 11.0 Å². The van der Waals surface area contributed by atoms with Crippen LogP contribution in [0.3, 0.4) is 0 Å². The van der Waals surface area contributed by atoms with E-state index in [-0.39, 0.29) is 12.5 Å². The minimum Gasteiger partial charge on any atom is -0.468 e. The number of hydrogen-bond acceptors (Lipinski definition) is 4. The van der Waals surface area contributed by atoms with Gasteiger partial charge in [0, 0.05) is 0 Å². The Hall–Kier alpha value is -1.49. The monoisotopic (exact) mass is 236 g/mol. The summed E-state index contributed by atoms with van der Waals surface area (Å²) in [5.41, 5.74) is 1.85. The number of carbonyl (C=O) groups excluding carboxylic acids is 1. The molecule has 1 aromatic heterocycles. The summed E-state index contributed by atoms with van der Waals surface area (Å²) in [6.07, 6.45) is 1.94. The number of imidazole rings is 1. The number of rotatable bonds is 3. The standard InChI is InChI=1S/C11H12N2O2S/c1-15-10(14)7-13-9-6-4-3-5-8(9)12-11(13)16-2/h3-6H,7H2,1-2H3. The Labute approximate surface area is 97.6 Å². The summed E-state index contributed by atoms with van der Waals surface area (Å²) < 4.78 is 6.54. The molecule has 0 saturated heterocycles. The SMILES string of the molecule is COC(=O)Cn1c(SC)nc2ccccc21. The van der Waals surface area contributed by atoms with Crippen LogP contribution < -0.4 is 0 Å². The van der Waals surface area contributed by atoms with E-state index in [4.69, 9.17) is 0 Å². The van der Waals surface area contributed by atoms with Crippen molar-refractivity contribution in [1.29, 1.82) is 0 Å². The number of aromatic nitrogens is 2. The number of ether oxygens (including phenoxy) is 1. The lowest BCUT2D eigenvalue weighted by molar-refractivity contribution is -0.141. The summed E-state index contributed by atoms with van der Waals surface area (Å²) in [5.74, 6) is -0.265. The van der Waals surface area contributed by atoms with Crippen molar-refractivity contribution in [3.63, 3.8) is 0 Å². The third kappa shape index (κ3) is 1.90. The molecular formula is C11H12N2O2S. The van der Waals surface area contributed by atoms with Crippen LogP contribution in [0, 0.1) is 0 Å². The number of para-hydroxylation sites is 2. The molecule has 16 heavy (non-hydrogen) atoms. The second-order valence-corrected chi connectivity index (χ2v) is 4.02. The molecule has 5 heteroatoms. The van der Waals surface area contributed by atoms with Gasteiger partial charge in [0.25, 0.3) is 0 Å². The van der Waals surface area contributed by atoms with Crippen LogP contribution in [0.4, 0.5) is 0 Å². The van der Waals surface area contributed by atoms with E-state index in [1.54, 1.807) is 0 Å². The number of hydrogen-bond donors (Lipinski definition) is 0. The lowest BCUT2D eigenvalue weighted by atomic mass is 10.3. The molecule has 0 fully saturated rings. The van der Waals surface area contributed by atoms with E-state index in [1.165, 1.54) is 18.9 Å². The van der Waals surface area contributed by atoms with Gasteiger partial charge in [0.2, 0.25) is 0 Å². The summed E-state index contributed by atoms with van der Waals surface area (Å²) in [4.78, 5) is 15.7. The molecule has 0 amide bonds. The van der Waals surface area contributed by atoms with Gasteiger partial charge in [-0.3, -0.25) is 4.79 Å². The summed E-state index contributed by atoms with van der Waals surface area (Å²) in [6, 6.07) is 7.75. The fraction of sp³-hybridized carbons (Fsp3) is 0.273. The molecule has 0 radical (unpaired) electrons. The lowest BCUT2D eigenvalue weighted by Crippen LogP contribution is -2.12. The Bertz CT molecular complexity index is 522. The van der Waals surface area contributed by atoms with Crippen molar-refractivity contribution in [2.45, 2.75) is 11.7 Å². The van der Waals surface area contributed by atoms with Crippen molar-refractivity contribution in [2.75, 3.05) is 13.4 Å². The molecule has 0 saturated carbocycles. The maximum atomic E-state index is 11.3. The number of benzene rings is 1. The van der Waals surface area contributed by atoms with Crippen LogP contribution in [0.1, 0.15) is 0 Å². The van der Waals surface area contributed by atoms with Crippen molar-refractivity contribution in [2.24, 2.45) is 0 Å². The second-order valence-electron chi connectivity index (χ2n) is 3.25. The molecule has 0 aliphatic heterocycles. The Morgan fingerprint density at radius 2 is 2.25 bits per heavy atom. The van der Waals surface area contributed by atoms with E-state index in [9.17, 15) is 4.79 Å². The van der Waals surface area contributed by atoms with E-state index in [0.717, 1.165) is 16.2 Å². The third-order valence-electron chi connectivity index (χ3n) is 2.32. The zero-order valence-electron chi connectivity index (χ0n) is 9.14. The van der Waals surface area contributed by atoms with Gasteiger partial charge in [0.15, 0.2) is 5.16 Å². The highest BCUT2D eigenvalue weighted by Gasteiger charge is 2.12. The Morgan fingerprint density at radius 1 is 1.50 bits per heavy atom. The lowest BCUT2D eigenvalue weighted by Gasteiger charge is -2.05. The summed E-state index contributed by atoms with van der Waals surface area (Å²) in [6.45, 7) is 0.202. The zero-order chi connectivity index (χ0) is 11.5. The molecule has 0 N–H and O–H groups in total. The van der Waals surface area contributed by atoms with E-state index >= 15 is 0 Å². The summed E-state index contributed by atoms with van der Waals surface area (Å²) >= 11 is 1.52. The Kier molecular flexibility index (Phi) is 3.14. The molecule has 0 spiro atoms. The normalized spacial score (nSPS) is 10.6. The number of methoxy groups -OCH3 is 1.